The van der Waals surface area contributed by atoms with Crippen molar-refractivity contribution in [2.24, 2.45) is 0 Å². The lowest BCUT2D eigenvalue weighted by Crippen LogP contribution is -2.35. The molecule has 0 saturated heterocycles. The third-order valence-corrected chi connectivity index (χ3v) is 2.83. The molecule has 0 aliphatic heterocycles. The Morgan fingerprint density at radius 1 is 1.15 bits per heavy atom. The van der Waals surface area contributed by atoms with E-state index in [1.54, 1.807) is 0 Å². The Kier molecular flexibility index (Phi) is 6.96. The molecule has 1 aromatic carbocycles. The van der Waals surface area contributed by atoms with Crippen LogP contribution in [0.2, 0.25) is 0 Å². The van der Waals surface area contributed by atoms with Gasteiger partial charge in [-0.2, -0.15) is 0 Å². The van der Waals surface area contributed by atoms with Crippen molar-refractivity contribution >= 4 is 0 Å². The first-order valence-corrected chi connectivity index (χ1v) is 7.19. The van der Waals surface area contributed by atoms with Crippen LogP contribution in [0, 0.1) is 5.82 Å². The molecule has 0 unspecified atom stereocenters. The second kappa shape index (κ2) is 8.22. The van der Waals surface area contributed by atoms with Crippen molar-refractivity contribution in [3.8, 4) is 5.75 Å². The molecule has 0 amide bonds. The molecule has 0 aliphatic rings. The molecule has 0 aromatic heterocycles. The van der Waals surface area contributed by atoms with E-state index in [2.05, 4.69) is 26.1 Å². The van der Waals surface area contributed by atoms with Crippen LogP contribution in [0.3, 0.4) is 0 Å². The van der Waals surface area contributed by atoms with Gasteiger partial charge in [0.25, 0.3) is 0 Å². The van der Waals surface area contributed by atoms with Crippen molar-refractivity contribution in [1.29, 1.82) is 0 Å². The maximum atomic E-state index is 13.5. The van der Waals surface area contributed by atoms with Crippen LogP contribution in [0.25, 0.3) is 0 Å². The fraction of sp³-hybridized carbons (Fsp3) is 0.625. The average Bonchev–Trinajstić information content (AvgIpc) is 2.35. The van der Waals surface area contributed by atoms with Gasteiger partial charge in [-0.3, -0.25) is 0 Å². The van der Waals surface area contributed by atoms with Gasteiger partial charge >= 0.3 is 0 Å². The summed E-state index contributed by atoms with van der Waals surface area (Å²) < 4.78 is 19.1. The lowest BCUT2D eigenvalue weighted by atomic mass is 10.1. The SMILES string of the molecule is CC(C)(C)NCc1cc(F)cc(OCCCCCO)c1. The first-order chi connectivity index (χ1) is 9.40. The van der Waals surface area contributed by atoms with Gasteiger partial charge < -0.3 is 15.2 Å². The largest absolute Gasteiger partial charge is 0.493 e. The van der Waals surface area contributed by atoms with Crippen LogP contribution in [0.1, 0.15) is 45.6 Å². The van der Waals surface area contributed by atoms with Gasteiger partial charge in [-0.25, -0.2) is 4.39 Å². The molecule has 0 spiro atoms. The number of aliphatic hydroxyl groups is 1. The minimum absolute atomic E-state index is 0.00235. The minimum atomic E-state index is -0.274. The van der Waals surface area contributed by atoms with Crippen LogP contribution in [-0.4, -0.2) is 23.9 Å². The smallest absolute Gasteiger partial charge is 0.127 e. The number of halogens is 1. The van der Waals surface area contributed by atoms with E-state index in [0.717, 1.165) is 24.8 Å². The zero-order valence-electron chi connectivity index (χ0n) is 12.7. The van der Waals surface area contributed by atoms with Gasteiger partial charge in [0.15, 0.2) is 0 Å². The third kappa shape index (κ3) is 7.46. The number of rotatable bonds is 8. The summed E-state index contributed by atoms with van der Waals surface area (Å²) in [5.41, 5.74) is 0.878. The van der Waals surface area contributed by atoms with Crippen LogP contribution in [0.15, 0.2) is 18.2 Å². The average molecular weight is 283 g/mol. The summed E-state index contributed by atoms with van der Waals surface area (Å²) in [4.78, 5) is 0. The Bertz CT molecular complexity index is 402. The molecule has 0 atom stereocenters. The van der Waals surface area contributed by atoms with Crippen molar-refractivity contribution in [3.05, 3.63) is 29.6 Å². The van der Waals surface area contributed by atoms with Gasteiger partial charge in [-0.15, -0.1) is 0 Å². The zero-order valence-corrected chi connectivity index (χ0v) is 12.7. The predicted octanol–water partition coefficient (Wildman–Crippen LogP) is 3.26. The summed E-state index contributed by atoms with van der Waals surface area (Å²) >= 11 is 0. The van der Waals surface area contributed by atoms with Crippen molar-refractivity contribution < 1.29 is 14.2 Å². The van der Waals surface area contributed by atoms with Crippen molar-refractivity contribution in [1.82, 2.24) is 5.32 Å². The van der Waals surface area contributed by atoms with Crippen LogP contribution in [0.4, 0.5) is 4.39 Å². The molecule has 4 heteroatoms. The molecule has 0 aliphatic carbocycles. The van der Waals surface area contributed by atoms with Crippen LogP contribution in [0.5, 0.6) is 5.75 Å². The van der Waals surface area contributed by atoms with Crippen LogP contribution in [-0.2, 0) is 6.54 Å². The molecule has 0 saturated carbocycles. The molecular formula is C16H26FNO2. The number of aliphatic hydroxyl groups excluding tert-OH is 1. The van der Waals surface area contributed by atoms with Gasteiger partial charge in [-0.05, 0) is 57.7 Å². The van der Waals surface area contributed by atoms with Gasteiger partial charge in [0.2, 0.25) is 0 Å². The Morgan fingerprint density at radius 3 is 2.55 bits per heavy atom. The maximum Gasteiger partial charge on any atom is 0.127 e. The highest BCUT2D eigenvalue weighted by Gasteiger charge is 2.09. The first-order valence-electron chi connectivity index (χ1n) is 7.19. The summed E-state index contributed by atoms with van der Waals surface area (Å²) in [5.74, 6) is 0.295. The molecule has 1 aromatic rings. The molecule has 0 bridgehead atoms. The van der Waals surface area contributed by atoms with Crippen molar-refractivity contribution in [2.45, 2.75) is 52.1 Å². The third-order valence-electron chi connectivity index (χ3n) is 2.83. The maximum absolute atomic E-state index is 13.5. The Morgan fingerprint density at radius 2 is 1.90 bits per heavy atom. The number of benzene rings is 1. The fourth-order valence-corrected chi connectivity index (χ4v) is 1.75. The minimum Gasteiger partial charge on any atom is -0.493 e. The quantitative estimate of drug-likeness (QED) is 0.720. The van der Waals surface area contributed by atoms with E-state index in [0.29, 0.717) is 18.9 Å². The number of ether oxygens (including phenoxy) is 1. The van der Waals surface area contributed by atoms with E-state index in [1.165, 1.54) is 12.1 Å². The Balaban J connectivity index is 2.49. The highest BCUT2D eigenvalue weighted by Crippen LogP contribution is 2.17. The standard InChI is InChI=1S/C16H26FNO2/c1-16(2,3)18-12-13-9-14(17)11-15(10-13)20-8-6-4-5-7-19/h9-11,18-19H,4-8,12H2,1-3H3. The van der Waals surface area contributed by atoms with Crippen LogP contribution >= 0.6 is 0 Å². The lowest BCUT2D eigenvalue weighted by molar-refractivity contribution is 0.265. The second-order valence-corrected chi connectivity index (χ2v) is 6.03. The fourth-order valence-electron chi connectivity index (χ4n) is 1.75. The van der Waals surface area contributed by atoms with Gasteiger partial charge in [0, 0.05) is 24.8 Å². The number of nitrogens with one attached hydrogen (secondary N) is 1. The van der Waals surface area contributed by atoms with Gasteiger partial charge in [-0.1, -0.05) is 0 Å². The first kappa shape index (κ1) is 16.9. The number of hydrogen-bond acceptors (Lipinski definition) is 3. The highest BCUT2D eigenvalue weighted by molar-refractivity contribution is 5.29. The van der Waals surface area contributed by atoms with Crippen LogP contribution < -0.4 is 10.1 Å². The van der Waals surface area contributed by atoms with Crippen molar-refractivity contribution in [2.75, 3.05) is 13.2 Å². The van der Waals surface area contributed by atoms with Gasteiger partial charge in [0.05, 0.1) is 6.61 Å². The number of hydrogen-bond donors (Lipinski definition) is 2. The van der Waals surface area contributed by atoms with E-state index in [9.17, 15) is 4.39 Å². The second-order valence-electron chi connectivity index (χ2n) is 6.03. The predicted molar refractivity (Wildman–Crippen MR) is 79.4 cm³/mol. The topological polar surface area (TPSA) is 41.5 Å². The molecular weight excluding hydrogens is 257 g/mol. The van der Waals surface area contributed by atoms with E-state index >= 15 is 0 Å². The molecule has 3 nitrogen and oxygen atoms in total. The number of unbranched alkanes of at least 4 members (excludes halogenated alkanes) is 2. The molecule has 2 N–H and O–H groups in total. The monoisotopic (exact) mass is 283 g/mol. The van der Waals surface area contributed by atoms with E-state index in [1.807, 2.05) is 6.07 Å². The van der Waals surface area contributed by atoms with Crippen molar-refractivity contribution in [3.63, 3.8) is 0 Å². The highest BCUT2D eigenvalue weighted by atomic mass is 19.1. The summed E-state index contributed by atoms with van der Waals surface area (Å²) in [5, 5.41) is 12.0. The Labute approximate surface area is 121 Å². The normalized spacial score (nSPS) is 11.7. The van der Waals surface area contributed by atoms with E-state index in [-0.39, 0.29) is 18.0 Å². The molecule has 1 rings (SSSR count). The van der Waals surface area contributed by atoms with E-state index in [4.69, 9.17) is 9.84 Å². The zero-order chi connectivity index (χ0) is 15.0. The summed E-state index contributed by atoms with van der Waals surface area (Å²) in [6, 6.07) is 4.80. The summed E-state index contributed by atoms with van der Waals surface area (Å²) in [6.07, 6.45) is 2.57. The summed E-state index contributed by atoms with van der Waals surface area (Å²) in [6.45, 7) is 7.60. The molecule has 0 heterocycles. The van der Waals surface area contributed by atoms with E-state index < -0.39 is 0 Å². The molecule has 0 radical (unpaired) electrons. The lowest BCUT2D eigenvalue weighted by Gasteiger charge is -2.20. The molecule has 20 heavy (non-hydrogen) atoms. The van der Waals surface area contributed by atoms with Gasteiger partial charge in [0.1, 0.15) is 11.6 Å². The Hall–Kier alpha value is -1.13. The summed E-state index contributed by atoms with van der Waals surface area (Å²) in [7, 11) is 0. The molecule has 114 valence electrons. The molecule has 0 fully saturated rings.